The lowest BCUT2D eigenvalue weighted by atomic mass is 10.0. The molecule has 1 aliphatic rings. The number of anilines is 2. The van der Waals surface area contributed by atoms with Gasteiger partial charge in [-0.25, -0.2) is 4.90 Å². The van der Waals surface area contributed by atoms with Crippen LogP contribution in [-0.2, 0) is 0 Å². The largest absolute Gasteiger partial charge is 0.459 e. The zero-order chi connectivity index (χ0) is 19.1. The van der Waals surface area contributed by atoms with Crippen LogP contribution >= 0.6 is 0 Å². The summed E-state index contributed by atoms with van der Waals surface area (Å²) in [6, 6.07) is 13.5. The summed E-state index contributed by atoms with van der Waals surface area (Å²) in [5.41, 5.74) is 3.34. The fourth-order valence-corrected chi connectivity index (χ4v) is 3.18. The van der Waals surface area contributed by atoms with Gasteiger partial charge in [0.1, 0.15) is 0 Å². The summed E-state index contributed by atoms with van der Waals surface area (Å²) in [5, 5.41) is 2.73. The number of imide groups is 1. The number of amides is 3. The summed E-state index contributed by atoms with van der Waals surface area (Å²) in [6.07, 6.45) is 1.46. The molecule has 6 heteroatoms. The minimum atomic E-state index is -0.360. The summed E-state index contributed by atoms with van der Waals surface area (Å²) >= 11 is 0. The van der Waals surface area contributed by atoms with Gasteiger partial charge in [-0.05, 0) is 55.8 Å². The number of aryl methyl sites for hydroxylation is 2. The van der Waals surface area contributed by atoms with Crippen molar-refractivity contribution in [3.05, 3.63) is 82.8 Å². The molecule has 0 radical (unpaired) electrons. The highest BCUT2D eigenvalue weighted by Gasteiger charge is 2.37. The first-order valence-corrected chi connectivity index (χ1v) is 8.41. The van der Waals surface area contributed by atoms with E-state index in [1.165, 1.54) is 6.26 Å². The normalized spacial score (nSPS) is 13.0. The number of fused-ring (bicyclic) bond motifs is 1. The van der Waals surface area contributed by atoms with Crippen LogP contribution in [0.3, 0.4) is 0 Å². The van der Waals surface area contributed by atoms with Gasteiger partial charge in [0.25, 0.3) is 17.7 Å². The number of rotatable bonds is 3. The number of hydrogen-bond donors (Lipinski definition) is 1. The molecule has 0 aliphatic carbocycles. The van der Waals surface area contributed by atoms with Gasteiger partial charge in [-0.15, -0.1) is 0 Å². The van der Waals surface area contributed by atoms with Crippen LogP contribution in [0.25, 0.3) is 0 Å². The molecule has 0 unspecified atom stereocenters. The Hall–Kier alpha value is -3.67. The van der Waals surface area contributed by atoms with Crippen LogP contribution in [-0.4, -0.2) is 17.7 Å². The Morgan fingerprint density at radius 1 is 0.926 bits per heavy atom. The highest BCUT2D eigenvalue weighted by molar-refractivity contribution is 6.34. The van der Waals surface area contributed by atoms with Crippen LogP contribution in [0.1, 0.15) is 42.4 Å². The van der Waals surface area contributed by atoms with Crippen molar-refractivity contribution in [2.45, 2.75) is 13.8 Å². The van der Waals surface area contributed by atoms with Gasteiger partial charge in [0.2, 0.25) is 0 Å². The Kier molecular flexibility index (Phi) is 3.88. The Morgan fingerprint density at radius 2 is 1.67 bits per heavy atom. The van der Waals surface area contributed by atoms with E-state index in [2.05, 4.69) is 5.32 Å². The van der Waals surface area contributed by atoms with Gasteiger partial charge in [-0.3, -0.25) is 14.4 Å². The Labute approximate surface area is 155 Å². The molecule has 4 rings (SSSR count). The second kappa shape index (κ2) is 6.25. The van der Waals surface area contributed by atoms with Gasteiger partial charge >= 0.3 is 0 Å². The van der Waals surface area contributed by atoms with Crippen molar-refractivity contribution in [3.63, 3.8) is 0 Å². The van der Waals surface area contributed by atoms with Crippen LogP contribution < -0.4 is 10.2 Å². The quantitative estimate of drug-likeness (QED) is 0.717. The monoisotopic (exact) mass is 360 g/mol. The molecule has 0 bridgehead atoms. The highest BCUT2D eigenvalue weighted by Crippen LogP contribution is 2.31. The molecule has 1 N–H and O–H groups in total. The molecule has 6 nitrogen and oxygen atoms in total. The van der Waals surface area contributed by atoms with Crippen molar-refractivity contribution in [1.29, 1.82) is 0 Å². The molecule has 0 fully saturated rings. The van der Waals surface area contributed by atoms with Crippen molar-refractivity contribution >= 4 is 29.1 Å². The predicted octanol–water partition coefficient (Wildman–Crippen LogP) is 3.95. The van der Waals surface area contributed by atoms with Gasteiger partial charge < -0.3 is 9.73 Å². The van der Waals surface area contributed by atoms with E-state index in [1.807, 2.05) is 13.0 Å². The molecule has 0 spiro atoms. The predicted molar refractivity (Wildman–Crippen MR) is 100 cm³/mol. The molecule has 1 aliphatic heterocycles. The molecule has 0 saturated heterocycles. The standard InChI is InChI=1S/C21H16N2O4/c1-12-4-3-5-16-17(12)21(26)23(20(16)25)15-8-6-14(7-9-15)22-19(24)18-13(2)10-11-27-18/h3-11H,1-2H3,(H,22,24). The maximum absolute atomic E-state index is 12.7. The van der Waals surface area contributed by atoms with E-state index in [9.17, 15) is 14.4 Å². The van der Waals surface area contributed by atoms with Crippen LogP contribution in [0.4, 0.5) is 11.4 Å². The van der Waals surface area contributed by atoms with Crippen LogP contribution in [0.2, 0.25) is 0 Å². The molecular weight excluding hydrogens is 344 g/mol. The summed E-state index contributed by atoms with van der Waals surface area (Å²) in [4.78, 5) is 38.7. The van der Waals surface area contributed by atoms with Crippen molar-refractivity contribution < 1.29 is 18.8 Å². The van der Waals surface area contributed by atoms with Gasteiger partial charge in [0.05, 0.1) is 23.1 Å². The molecule has 1 aromatic heterocycles. The lowest BCUT2D eigenvalue weighted by Gasteiger charge is -2.14. The zero-order valence-corrected chi connectivity index (χ0v) is 14.8. The third-order valence-electron chi connectivity index (χ3n) is 4.57. The van der Waals surface area contributed by atoms with Crippen molar-refractivity contribution in [1.82, 2.24) is 0 Å². The van der Waals surface area contributed by atoms with Crippen LogP contribution in [0.15, 0.2) is 59.2 Å². The molecule has 134 valence electrons. The number of hydrogen-bond acceptors (Lipinski definition) is 4. The third-order valence-corrected chi connectivity index (χ3v) is 4.57. The minimum absolute atomic E-state index is 0.245. The van der Waals surface area contributed by atoms with E-state index >= 15 is 0 Å². The molecule has 2 heterocycles. The number of furan rings is 1. The SMILES string of the molecule is Cc1ccoc1C(=O)Nc1ccc(N2C(=O)c3cccc(C)c3C2=O)cc1. The Bertz CT molecular complexity index is 1080. The van der Waals surface area contributed by atoms with Gasteiger partial charge in [-0.2, -0.15) is 0 Å². The third kappa shape index (κ3) is 2.71. The smallest absolute Gasteiger partial charge is 0.291 e. The van der Waals surface area contributed by atoms with E-state index < -0.39 is 0 Å². The number of carbonyl (C=O) groups is 3. The molecule has 2 aromatic carbocycles. The van der Waals surface area contributed by atoms with E-state index in [1.54, 1.807) is 49.4 Å². The first-order chi connectivity index (χ1) is 13.0. The second-order valence-electron chi connectivity index (χ2n) is 6.38. The average Bonchev–Trinajstić information content (AvgIpc) is 3.18. The van der Waals surface area contributed by atoms with Crippen molar-refractivity contribution in [2.75, 3.05) is 10.2 Å². The topological polar surface area (TPSA) is 79.6 Å². The maximum atomic E-state index is 12.7. The summed E-state index contributed by atoms with van der Waals surface area (Å²) < 4.78 is 5.17. The molecular formula is C21H16N2O4. The van der Waals surface area contributed by atoms with Crippen LogP contribution in [0, 0.1) is 13.8 Å². The number of nitrogens with zero attached hydrogens (tertiary/aromatic N) is 1. The molecule has 0 saturated carbocycles. The first kappa shape index (κ1) is 16.8. The number of benzene rings is 2. The highest BCUT2D eigenvalue weighted by atomic mass is 16.3. The average molecular weight is 360 g/mol. The molecule has 27 heavy (non-hydrogen) atoms. The lowest BCUT2D eigenvalue weighted by Crippen LogP contribution is -2.29. The fourth-order valence-electron chi connectivity index (χ4n) is 3.18. The molecule has 0 atom stereocenters. The number of carbonyl (C=O) groups excluding carboxylic acids is 3. The molecule has 3 amide bonds. The van der Waals surface area contributed by atoms with E-state index in [4.69, 9.17) is 4.42 Å². The van der Waals surface area contributed by atoms with Crippen molar-refractivity contribution in [2.24, 2.45) is 0 Å². The second-order valence-corrected chi connectivity index (χ2v) is 6.38. The Morgan fingerprint density at radius 3 is 2.30 bits per heavy atom. The van der Waals surface area contributed by atoms with E-state index in [0.717, 1.165) is 16.0 Å². The minimum Gasteiger partial charge on any atom is -0.459 e. The van der Waals surface area contributed by atoms with E-state index in [0.29, 0.717) is 22.5 Å². The summed E-state index contributed by atoms with van der Waals surface area (Å²) in [5.74, 6) is -0.797. The van der Waals surface area contributed by atoms with Gasteiger partial charge in [-0.1, -0.05) is 12.1 Å². The lowest BCUT2D eigenvalue weighted by molar-refractivity contribution is 0.0924. The Balaban J connectivity index is 1.58. The van der Waals surface area contributed by atoms with Gasteiger partial charge in [0.15, 0.2) is 5.76 Å². The number of nitrogens with one attached hydrogen (secondary N) is 1. The van der Waals surface area contributed by atoms with E-state index in [-0.39, 0.29) is 23.5 Å². The first-order valence-electron chi connectivity index (χ1n) is 8.41. The molecule has 3 aromatic rings. The van der Waals surface area contributed by atoms with Crippen molar-refractivity contribution in [3.8, 4) is 0 Å². The zero-order valence-electron chi connectivity index (χ0n) is 14.8. The van der Waals surface area contributed by atoms with Crippen LogP contribution in [0.5, 0.6) is 0 Å². The summed E-state index contributed by atoms with van der Waals surface area (Å²) in [7, 11) is 0. The summed E-state index contributed by atoms with van der Waals surface area (Å²) in [6.45, 7) is 3.59. The fraction of sp³-hybridized carbons (Fsp3) is 0.0952. The maximum Gasteiger partial charge on any atom is 0.291 e. The van der Waals surface area contributed by atoms with Gasteiger partial charge in [0, 0.05) is 11.3 Å².